The summed E-state index contributed by atoms with van der Waals surface area (Å²) in [5.41, 5.74) is 3.31. The first-order chi connectivity index (χ1) is 13.6. The fraction of sp³-hybridized carbons (Fsp3) is 0.0909. The van der Waals surface area contributed by atoms with Crippen molar-refractivity contribution in [2.45, 2.75) is 13.0 Å². The number of fused-ring (bicyclic) bond motifs is 2. The molecule has 6 heteroatoms. The zero-order valence-electron chi connectivity index (χ0n) is 15.2. The molecule has 3 aromatic carbocycles. The van der Waals surface area contributed by atoms with Crippen molar-refractivity contribution in [2.75, 3.05) is 10.6 Å². The van der Waals surface area contributed by atoms with Crippen LogP contribution < -0.4 is 10.6 Å². The van der Waals surface area contributed by atoms with Crippen molar-refractivity contribution in [3.63, 3.8) is 0 Å². The molecule has 0 aliphatic heterocycles. The van der Waals surface area contributed by atoms with E-state index in [-0.39, 0.29) is 0 Å². The number of carbonyl (C=O) groups is 2. The van der Waals surface area contributed by atoms with Crippen LogP contribution in [0.4, 0.5) is 11.5 Å². The molecule has 4 N–H and O–H groups in total. The largest absolute Gasteiger partial charge is 0.480 e. The quantitative estimate of drug-likeness (QED) is 0.376. The van der Waals surface area contributed by atoms with E-state index in [9.17, 15) is 14.7 Å². The number of aromatic amines is 1. The number of anilines is 2. The van der Waals surface area contributed by atoms with E-state index < -0.39 is 12.0 Å². The molecule has 1 heterocycles. The van der Waals surface area contributed by atoms with Gasteiger partial charge in [-0.3, -0.25) is 9.59 Å². The number of carboxylic acid groups (broad SMARTS) is 1. The number of hydrogen-bond donors (Lipinski definition) is 4. The van der Waals surface area contributed by atoms with Gasteiger partial charge in [0.05, 0.1) is 5.69 Å². The molecule has 0 radical (unpaired) electrons. The molecular weight excluding hydrogens is 354 g/mol. The second kappa shape index (κ2) is 7.08. The monoisotopic (exact) mass is 373 g/mol. The predicted molar refractivity (Wildman–Crippen MR) is 112 cm³/mol. The SMILES string of the molecule is C[C@H](Nc1c(NC=O)[nH]c2cccc(-c3ccc4ccccc4c3)c12)C(=O)O. The summed E-state index contributed by atoms with van der Waals surface area (Å²) in [5.74, 6) is -0.541. The highest BCUT2D eigenvalue weighted by Gasteiger charge is 2.20. The highest BCUT2D eigenvalue weighted by molar-refractivity contribution is 6.10. The summed E-state index contributed by atoms with van der Waals surface area (Å²) in [6.07, 6.45) is 0.566. The number of carbonyl (C=O) groups excluding carboxylic acids is 1. The van der Waals surface area contributed by atoms with Crippen molar-refractivity contribution in [1.82, 2.24) is 4.98 Å². The van der Waals surface area contributed by atoms with Gasteiger partial charge in [-0.25, -0.2) is 0 Å². The van der Waals surface area contributed by atoms with Crippen molar-refractivity contribution in [3.05, 3.63) is 60.7 Å². The molecule has 4 aromatic rings. The maximum absolute atomic E-state index is 11.4. The summed E-state index contributed by atoms with van der Waals surface area (Å²) < 4.78 is 0. The molecule has 0 bridgehead atoms. The molecule has 0 unspecified atom stereocenters. The number of hydrogen-bond acceptors (Lipinski definition) is 3. The maximum Gasteiger partial charge on any atom is 0.325 e. The van der Waals surface area contributed by atoms with Gasteiger partial charge in [0, 0.05) is 10.9 Å². The lowest BCUT2D eigenvalue weighted by Gasteiger charge is -2.14. The Morgan fingerprint density at radius 2 is 1.86 bits per heavy atom. The zero-order chi connectivity index (χ0) is 19.7. The molecule has 6 nitrogen and oxygen atoms in total. The molecule has 1 atom stereocenters. The summed E-state index contributed by atoms with van der Waals surface area (Å²) in [4.78, 5) is 25.6. The van der Waals surface area contributed by atoms with E-state index in [2.05, 4.69) is 39.9 Å². The van der Waals surface area contributed by atoms with Gasteiger partial charge in [-0.1, -0.05) is 48.5 Å². The molecule has 0 saturated carbocycles. The molecule has 140 valence electrons. The van der Waals surface area contributed by atoms with E-state index >= 15 is 0 Å². The molecule has 0 aliphatic rings. The Kier molecular flexibility index (Phi) is 4.45. The summed E-state index contributed by atoms with van der Waals surface area (Å²) in [7, 11) is 0. The van der Waals surface area contributed by atoms with Crippen molar-refractivity contribution >= 4 is 45.6 Å². The first-order valence-corrected chi connectivity index (χ1v) is 8.92. The van der Waals surface area contributed by atoms with Gasteiger partial charge in [0.2, 0.25) is 6.41 Å². The summed E-state index contributed by atoms with van der Waals surface area (Å²) >= 11 is 0. The fourth-order valence-corrected chi connectivity index (χ4v) is 3.44. The van der Waals surface area contributed by atoms with Gasteiger partial charge in [-0.2, -0.15) is 0 Å². The lowest BCUT2D eigenvalue weighted by Crippen LogP contribution is -2.25. The zero-order valence-corrected chi connectivity index (χ0v) is 15.2. The van der Waals surface area contributed by atoms with E-state index in [1.54, 1.807) is 6.92 Å². The van der Waals surface area contributed by atoms with Crippen LogP contribution in [0.1, 0.15) is 6.92 Å². The first kappa shape index (κ1) is 17.6. The minimum atomic E-state index is -0.977. The van der Waals surface area contributed by atoms with Crippen LogP contribution in [0.15, 0.2) is 60.7 Å². The first-order valence-electron chi connectivity index (χ1n) is 8.92. The normalized spacial score (nSPS) is 12.0. The number of amides is 1. The highest BCUT2D eigenvalue weighted by Crippen LogP contribution is 2.39. The van der Waals surface area contributed by atoms with Crippen LogP contribution in [-0.2, 0) is 9.59 Å². The van der Waals surface area contributed by atoms with Crippen molar-refractivity contribution in [3.8, 4) is 11.1 Å². The van der Waals surface area contributed by atoms with Crippen molar-refractivity contribution < 1.29 is 14.7 Å². The van der Waals surface area contributed by atoms with Crippen LogP contribution in [0.5, 0.6) is 0 Å². The number of carboxylic acids is 1. The Morgan fingerprint density at radius 1 is 1.07 bits per heavy atom. The molecular formula is C22H19N3O3. The Balaban J connectivity index is 1.94. The van der Waals surface area contributed by atoms with Crippen molar-refractivity contribution in [1.29, 1.82) is 0 Å². The van der Waals surface area contributed by atoms with E-state index in [1.807, 2.05) is 36.4 Å². The van der Waals surface area contributed by atoms with Gasteiger partial charge in [-0.15, -0.1) is 0 Å². The Morgan fingerprint density at radius 3 is 2.61 bits per heavy atom. The predicted octanol–water partition coefficient (Wildman–Crippen LogP) is 4.44. The Hall–Kier alpha value is -3.80. The van der Waals surface area contributed by atoms with Crippen LogP contribution >= 0.6 is 0 Å². The van der Waals surface area contributed by atoms with E-state index in [0.717, 1.165) is 32.8 Å². The molecule has 4 rings (SSSR count). The minimum absolute atomic E-state index is 0.436. The molecule has 1 amide bonds. The number of nitrogens with one attached hydrogen (secondary N) is 3. The smallest absolute Gasteiger partial charge is 0.325 e. The third-order valence-corrected chi connectivity index (χ3v) is 4.82. The average molecular weight is 373 g/mol. The third-order valence-electron chi connectivity index (χ3n) is 4.82. The molecule has 0 spiro atoms. The van der Waals surface area contributed by atoms with E-state index in [1.165, 1.54) is 0 Å². The summed E-state index contributed by atoms with van der Waals surface area (Å²) in [5, 5.41) is 18.0. The summed E-state index contributed by atoms with van der Waals surface area (Å²) in [6, 6.07) is 19.3. The topological polar surface area (TPSA) is 94.2 Å². The van der Waals surface area contributed by atoms with E-state index in [0.29, 0.717) is 17.9 Å². The van der Waals surface area contributed by atoms with E-state index in [4.69, 9.17) is 0 Å². The number of H-pyrrole nitrogens is 1. The van der Waals surface area contributed by atoms with Crippen LogP contribution in [0, 0.1) is 0 Å². The molecule has 0 saturated heterocycles. The van der Waals surface area contributed by atoms with Crippen LogP contribution in [0.3, 0.4) is 0 Å². The number of rotatable bonds is 6. The molecule has 1 aromatic heterocycles. The van der Waals surface area contributed by atoms with Crippen LogP contribution in [0.25, 0.3) is 32.8 Å². The number of benzene rings is 3. The second-order valence-corrected chi connectivity index (χ2v) is 6.63. The summed E-state index contributed by atoms with van der Waals surface area (Å²) in [6.45, 7) is 1.56. The number of aromatic nitrogens is 1. The fourth-order valence-electron chi connectivity index (χ4n) is 3.44. The second-order valence-electron chi connectivity index (χ2n) is 6.63. The Labute approximate surface area is 161 Å². The maximum atomic E-state index is 11.4. The highest BCUT2D eigenvalue weighted by atomic mass is 16.4. The minimum Gasteiger partial charge on any atom is -0.480 e. The molecule has 0 aliphatic carbocycles. The lowest BCUT2D eigenvalue weighted by atomic mass is 9.98. The van der Waals surface area contributed by atoms with Crippen LogP contribution in [-0.4, -0.2) is 28.5 Å². The lowest BCUT2D eigenvalue weighted by molar-refractivity contribution is -0.137. The number of aliphatic carboxylic acids is 1. The Bertz CT molecular complexity index is 1200. The molecule has 28 heavy (non-hydrogen) atoms. The van der Waals surface area contributed by atoms with Gasteiger partial charge in [0.15, 0.2) is 0 Å². The standard InChI is InChI=1S/C22H19N3O3/c1-13(22(27)28)24-20-19-17(7-4-8-18(19)25-21(20)23-12-26)16-10-9-14-5-2-3-6-15(14)11-16/h2-13,24-25H,1H3,(H,23,26)(H,27,28)/t13-/m0/s1. The van der Waals surface area contributed by atoms with Gasteiger partial charge >= 0.3 is 5.97 Å². The molecule has 0 fully saturated rings. The van der Waals surface area contributed by atoms with Gasteiger partial charge in [0.25, 0.3) is 0 Å². The van der Waals surface area contributed by atoms with Gasteiger partial charge in [-0.05, 0) is 41.0 Å². The van der Waals surface area contributed by atoms with Gasteiger partial charge < -0.3 is 20.7 Å². The third kappa shape index (κ3) is 3.05. The van der Waals surface area contributed by atoms with Crippen LogP contribution in [0.2, 0.25) is 0 Å². The average Bonchev–Trinajstić information content (AvgIpc) is 3.05. The van der Waals surface area contributed by atoms with Gasteiger partial charge in [0.1, 0.15) is 11.9 Å². The van der Waals surface area contributed by atoms with Crippen molar-refractivity contribution in [2.24, 2.45) is 0 Å².